The van der Waals surface area contributed by atoms with Gasteiger partial charge in [-0.1, -0.05) is 35.5 Å². The molecule has 0 atom stereocenters. The Labute approximate surface area is 203 Å². The molecule has 5 rings (SSSR count). The maximum absolute atomic E-state index is 13.1. The van der Waals surface area contributed by atoms with Crippen molar-refractivity contribution in [3.05, 3.63) is 58.6 Å². The van der Waals surface area contributed by atoms with Crippen LogP contribution in [0.15, 0.2) is 57.6 Å². The predicted molar refractivity (Wildman–Crippen MR) is 128 cm³/mol. The zero-order chi connectivity index (χ0) is 22.9. The summed E-state index contributed by atoms with van der Waals surface area (Å²) in [7, 11) is 0. The number of anilines is 3. The number of rotatable bonds is 5. The van der Waals surface area contributed by atoms with E-state index in [1.54, 1.807) is 39.1 Å². The van der Waals surface area contributed by atoms with Crippen LogP contribution in [0.2, 0.25) is 5.02 Å². The molecular formula is C23H18ClN3O4S2. The molecule has 10 heteroatoms. The lowest BCUT2D eigenvalue weighted by atomic mass is 10.2. The number of halogens is 1. The van der Waals surface area contributed by atoms with E-state index in [1.165, 1.54) is 11.3 Å². The number of nitrogens with zero attached hydrogens (tertiary/aromatic N) is 3. The molecular weight excluding hydrogens is 482 g/mol. The van der Waals surface area contributed by atoms with E-state index in [2.05, 4.69) is 4.98 Å². The zero-order valence-electron chi connectivity index (χ0n) is 17.3. The van der Waals surface area contributed by atoms with Gasteiger partial charge in [0.2, 0.25) is 5.91 Å². The number of benzene rings is 2. The van der Waals surface area contributed by atoms with Crippen molar-refractivity contribution in [2.45, 2.75) is 29.1 Å². The number of carbonyl (C=O) groups is 3. The largest absolute Gasteiger partial charge is 0.455 e. The van der Waals surface area contributed by atoms with Gasteiger partial charge < -0.3 is 4.74 Å². The van der Waals surface area contributed by atoms with E-state index >= 15 is 0 Å². The molecule has 2 aliphatic heterocycles. The highest BCUT2D eigenvalue weighted by molar-refractivity contribution is 7.99. The predicted octanol–water partition coefficient (Wildman–Crippen LogP) is 4.84. The monoisotopic (exact) mass is 499 g/mol. The van der Waals surface area contributed by atoms with Crippen molar-refractivity contribution in [1.82, 2.24) is 4.98 Å². The number of hydrogen-bond acceptors (Lipinski definition) is 7. The summed E-state index contributed by atoms with van der Waals surface area (Å²) in [6, 6.07) is 12.9. The van der Waals surface area contributed by atoms with Gasteiger partial charge in [-0.2, -0.15) is 0 Å². The fraction of sp³-hybridized carbons (Fsp3) is 0.217. The molecule has 3 aromatic rings. The third-order valence-corrected chi connectivity index (χ3v) is 7.54. The Bertz CT molecular complexity index is 1260. The van der Waals surface area contributed by atoms with Crippen LogP contribution < -0.4 is 9.80 Å². The molecule has 33 heavy (non-hydrogen) atoms. The van der Waals surface area contributed by atoms with E-state index in [0.29, 0.717) is 34.5 Å². The molecule has 7 nitrogen and oxygen atoms in total. The van der Waals surface area contributed by atoms with Crippen molar-refractivity contribution in [1.29, 1.82) is 0 Å². The summed E-state index contributed by atoms with van der Waals surface area (Å²) >= 11 is 9.06. The molecule has 2 amide bonds. The Morgan fingerprint density at radius 1 is 1.12 bits per heavy atom. The number of thiazole rings is 1. The van der Waals surface area contributed by atoms with Crippen LogP contribution >= 0.6 is 34.7 Å². The van der Waals surface area contributed by atoms with Gasteiger partial charge >= 0.3 is 5.97 Å². The van der Waals surface area contributed by atoms with Crippen LogP contribution in [-0.2, 0) is 25.5 Å². The van der Waals surface area contributed by atoms with E-state index in [9.17, 15) is 14.4 Å². The van der Waals surface area contributed by atoms with Crippen molar-refractivity contribution in [3.8, 4) is 0 Å². The Morgan fingerprint density at radius 2 is 1.94 bits per heavy atom. The molecule has 1 aromatic heterocycles. The molecule has 2 aromatic carbocycles. The molecule has 0 radical (unpaired) electrons. The van der Waals surface area contributed by atoms with Crippen LogP contribution in [-0.4, -0.2) is 35.9 Å². The van der Waals surface area contributed by atoms with Gasteiger partial charge in [-0.3, -0.25) is 24.2 Å². The van der Waals surface area contributed by atoms with E-state index < -0.39 is 12.6 Å². The number of ether oxygens (including phenoxy) is 1. The van der Waals surface area contributed by atoms with E-state index in [1.807, 2.05) is 30.3 Å². The second-order valence-corrected chi connectivity index (χ2v) is 9.88. The summed E-state index contributed by atoms with van der Waals surface area (Å²) in [6.45, 7) is 0.233. The first-order valence-electron chi connectivity index (χ1n) is 10.3. The topological polar surface area (TPSA) is 79.8 Å². The van der Waals surface area contributed by atoms with Crippen LogP contribution in [0.5, 0.6) is 0 Å². The molecule has 0 bridgehead atoms. The van der Waals surface area contributed by atoms with Gasteiger partial charge in [-0.25, -0.2) is 4.98 Å². The first kappa shape index (κ1) is 21.9. The number of hydrogen-bond donors (Lipinski definition) is 0. The lowest BCUT2D eigenvalue weighted by molar-refractivity contribution is -0.147. The minimum Gasteiger partial charge on any atom is -0.455 e. The third-order valence-electron chi connectivity index (χ3n) is 5.26. The molecule has 1 fully saturated rings. The molecule has 0 aliphatic carbocycles. The van der Waals surface area contributed by atoms with Crippen molar-refractivity contribution < 1.29 is 19.1 Å². The number of carbonyl (C=O) groups excluding carboxylic acids is 3. The lowest BCUT2D eigenvalue weighted by Crippen LogP contribution is -2.32. The number of esters is 1. The van der Waals surface area contributed by atoms with Crippen molar-refractivity contribution in [3.63, 3.8) is 0 Å². The van der Waals surface area contributed by atoms with Gasteiger partial charge in [-0.15, -0.1) is 11.3 Å². The van der Waals surface area contributed by atoms with E-state index in [-0.39, 0.29) is 18.2 Å². The molecule has 0 spiro atoms. The Morgan fingerprint density at radius 3 is 2.76 bits per heavy atom. The highest BCUT2D eigenvalue weighted by Gasteiger charge is 2.29. The normalized spacial score (nSPS) is 14.8. The van der Waals surface area contributed by atoms with Gasteiger partial charge in [0, 0.05) is 33.2 Å². The first-order chi connectivity index (χ1) is 16.0. The van der Waals surface area contributed by atoms with Crippen molar-refractivity contribution in [2.24, 2.45) is 0 Å². The van der Waals surface area contributed by atoms with Gasteiger partial charge in [0.05, 0.1) is 23.5 Å². The highest BCUT2D eigenvalue weighted by atomic mass is 35.5. The van der Waals surface area contributed by atoms with E-state index in [0.717, 1.165) is 21.9 Å². The average molecular weight is 500 g/mol. The van der Waals surface area contributed by atoms with Crippen molar-refractivity contribution in [2.75, 3.05) is 23.0 Å². The standard InChI is InChI=1S/C23H18ClN3O4S2/c24-14-7-8-19-17(10-14)27(16-4-1-2-5-18(16)33-19)21(29)12-31-22(30)11-15-13-32-23(25-15)26-9-3-6-20(26)28/h1-2,4-5,7-8,10,13H,3,6,9,11-12H2. The van der Waals surface area contributed by atoms with Crippen molar-refractivity contribution >= 4 is 69.0 Å². The smallest absolute Gasteiger partial charge is 0.312 e. The van der Waals surface area contributed by atoms with Gasteiger partial charge in [-0.05, 0) is 36.8 Å². The maximum atomic E-state index is 13.1. The second kappa shape index (κ2) is 9.17. The summed E-state index contributed by atoms with van der Waals surface area (Å²) in [4.78, 5) is 46.8. The zero-order valence-corrected chi connectivity index (χ0v) is 19.7. The van der Waals surface area contributed by atoms with Crippen LogP contribution in [0.4, 0.5) is 16.5 Å². The lowest BCUT2D eigenvalue weighted by Gasteiger charge is -2.31. The number of aromatic nitrogens is 1. The molecule has 0 N–H and O–H groups in total. The van der Waals surface area contributed by atoms with Gasteiger partial charge in [0.1, 0.15) is 0 Å². The summed E-state index contributed by atoms with van der Waals surface area (Å²) in [5.74, 6) is -0.885. The summed E-state index contributed by atoms with van der Waals surface area (Å²) in [5, 5.41) is 2.84. The van der Waals surface area contributed by atoms with Crippen LogP contribution in [0.1, 0.15) is 18.5 Å². The third kappa shape index (κ3) is 4.48. The van der Waals surface area contributed by atoms with Gasteiger partial charge in [0.15, 0.2) is 11.7 Å². The van der Waals surface area contributed by atoms with Crippen LogP contribution in [0.3, 0.4) is 0 Å². The van der Waals surface area contributed by atoms with Crippen LogP contribution in [0.25, 0.3) is 0 Å². The summed E-state index contributed by atoms with van der Waals surface area (Å²) in [5.41, 5.74) is 1.90. The number of amides is 2. The second-order valence-electron chi connectivity index (χ2n) is 7.52. The number of fused-ring (bicyclic) bond motifs is 2. The SMILES string of the molecule is O=C(Cc1csc(N2CCCC2=O)n1)OCC(=O)N1c2ccccc2Sc2ccc(Cl)cc21. The molecule has 1 saturated heterocycles. The fourth-order valence-electron chi connectivity index (χ4n) is 3.75. The summed E-state index contributed by atoms with van der Waals surface area (Å²) in [6.07, 6.45) is 1.26. The average Bonchev–Trinajstić information content (AvgIpc) is 3.44. The number of para-hydroxylation sites is 1. The van der Waals surface area contributed by atoms with Gasteiger partial charge in [0.25, 0.3) is 5.91 Å². The Hall–Kier alpha value is -2.88. The van der Waals surface area contributed by atoms with E-state index in [4.69, 9.17) is 16.3 Å². The van der Waals surface area contributed by atoms with Crippen LogP contribution in [0, 0.1) is 0 Å². The fourth-order valence-corrected chi connectivity index (χ4v) is 5.83. The summed E-state index contributed by atoms with van der Waals surface area (Å²) < 4.78 is 5.29. The maximum Gasteiger partial charge on any atom is 0.312 e. The molecule has 0 saturated carbocycles. The highest BCUT2D eigenvalue weighted by Crippen LogP contribution is 2.48. The molecule has 3 heterocycles. The molecule has 0 unspecified atom stereocenters. The Kier molecular flexibility index (Phi) is 6.09. The minimum atomic E-state index is -0.557. The molecule has 2 aliphatic rings. The minimum absolute atomic E-state index is 0.0458. The Balaban J connectivity index is 1.27. The quantitative estimate of drug-likeness (QED) is 0.467. The molecule has 168 valence electrons. The first-order valence-corrected chi connectivity index (χ1v) is 12.4.